The molecule has 2 aromatic carbocycles. The van der Waals surface area contributed by atoms with E-state index in [0.717, 1.165) is 0 Å². The second-order valence-corrected chi connectivity index (χ2v) is 4.23. The molecule has 0 heterocycles. The van der Waals surface area contributed by atoms with Crippen molar-refractivity contribution in [1.82, 2.24) is 0 Å². The molecule has 0 aromatic heterocycles. The minimum atomic E-state index is -1.71. The van der Waals surface area contributed by atoms with Gasteiger partial charge in [0.15, 0.2) is 17.5 Å². The Morgan fingerprint density at radius 1 is 0.700 bits per heavy atom. The molecule has 0 aliphatic carbocycles. The van der Waals surface area contributed by atoms with Gasteiger partial charge < -0.3 is 5.11 Å². The molecule has 0 unspecified atom stereocenters. The number of rotatable bonds is 5. The fourth-order valence-electron chi connectivity index (χ4n) is 1.88. The first-order valence-electron chi connectivity index (χ1n) is 6.02. The quantitative estimate of drug-likeness (QED) is 0.668. The summed E-state index contributed by atoms with van der Waals surface area (Å²) in [5, 5.41) is 9.20. The Balaban J connectivity index is 2.36. The zero-order valence-electron chi connectivity index (χ0n) is 10.5. The molecule has 0 radical (unpaired) electrons. The van der Waals surface area contributed by atoms with Gasteiger partial charge in [-0.2, -0.15) is 0 Å². The lowest BCUT2D eigenvalue weighted by Gasteiger charge is -2.10. The van der Waals surface area contributed by atoms with E-state index in [9.17, 15) is 19.5 Å². The maximum Gasteiger partial charge on any atom is 0.322 e. The number of hydrogen-bond donors (Lipinski definition) is 1. The van der Waals surface area contributed by atoms with Crippen LogP contribution in [0.1, 0.15) is 20.7 Å². The highest BCUT2D eigenvalue weighted by Crippen LogP contribution is 2.15. The maximum atomic E-state index is 12.2. The lowest BCUT2D eigenvalue weighted by atomic mass is 9.90. The number of Topliss-reactive ketones (excluding diaryl/α,β-unsaturated/α-hetero) is 2. The van der Waals surface area contributed by atoms with Crippen molar-refractivity contribution in [2.45, 2.75) is 0 Å². The van der Waals surface area contributed by atoms with Gasteiger partial charge in [-0.3, -0.25) is 14.4 Å². The normalized spacial score (nSPS) is 10.2. The van der Waals surface area contributed by atoms with Crippen molar-refractivity contribution in [3.05, 3.63) is 71.8 Å². The summed E-state index contributed by atoms with van der Waals surface area (Å²) in [6, 6.07) is 15.9. The number of carboxylic acid groups (broad SMARTS) is 1. The smallest absolute Gasteiger partial charge is 0.322 e. The Kier molecular flexibility index (Phi) is 4.05. The Bertz CT molecular complexity index is 581. The Hall–Kier alpha value is -2.75. The first kappa shape index (κ1) is 13.7. The summed E-state index contributed by atoms with van der Waals surface area (Å²) in [6.45, 7) is 0. The summed E-state index contributed by atoms with van der Waals surface area (Å²) in [5.74, 6) is -4.55. The molecule has 4 nitrogen and oxygen atoms in total. The topological polar surface area (TPSA) is 71.4 Å². The molecule has 0 aliphatic heterocycles. The van der Waals surface area contributed by atoms with Gasteiger partial charge in [0.05, 0.1) is 0 Å². The van der Waals surface area contributed by atoms with Crippen molar-refractivity contribution in [2.75, 3.05) is 0 Å². The molecular formula is C16H12O4. The summed E-state index contributed by atoms with van der Waals surface area (Å²) in [7, 11) is 0. The lowest BCUT2D eigenvalue weighted by Crippen LogP contribution is -2.32. The third-order valence-corrected chi connectivity index (χ3v) is 2.89. The summed E-state index contributed by atoms with van der Waals surface area (Å²) in [5.41, 5.74) is 0.424. The van der Waals surface area contributed by atoms with E-state index in [-0.39, 0.29) is 11.1 Å². The van der Waals surface area contributed by atoms with Gasteiger partial charge in [-0.25, -0.2) is 0 Å². The molecule has 0 amide bonds. The molecular weight excluding hydrogens is 256 g/mol. The van der Waals surface area contributed by atoms with Crippen molar-refractivity contribution < 1.29 is 19.5 Å². The van der Waals surface area contributed by atoms with Crippen LogP contribution in [0.3, 0.4) is 0 Å². The summed E-state index contributed by atoms with van der Waals surface area (Å²) >= 11 is 0. The van der Waals surface area contributed by atoms with Crippen LogP contribution in [-0.2, 0) is 4.79 Å². The van der Waals surface area contributed by atoms with Gasteiger partial charge in [-0.15, -0.1) is 0 Å². The molecule has 0 fully saturated rings. The van der Waals surface area contributed by atoms with Crippen LogP contribution in [0.25, 0.3) is 0 Å². The van der Waals surface area contributed by atoms with E-state index in [4.69, 9.17) is 0 Å². The number of hydrogen-bond acceptors (Lipinski definition) is 3. The molecule has 20 heavy (non-hydrogen) atoms. The molecule has 100 valence electrons. The van der Waals surface area contributed by atoms with Crippen LogP contribution in [0.2, 0.25) is 0 Å². The van der Waals surface area contributed by atoms with Gasteiger partial charge >= 0.3 is 5.97 Å². The molecule has 1 N–H and O–H groups in total. The van der Waals surface area contributed by atoms with Gasteiger partial charge in [0.1, 0.15) is 0 Å². The van der Waals surface area contributed by atoms with E-state index in [1.807, 2.05) is 0 Å². The SMILES string of the molecule is O=C(O)C(C(=O)c1ccccc1)C(=O)c1ccccc1. The van der Waals surface area contributed by atoms with E-state index >= 15 is 0 Å². The predicted molar refractivity (Wildman–Crippen MR) is 72.7 cm³/mol. The molecule has 0 bridgehead atoms. The van der Waals surface area contributed by atoms with Crippen LogP contribution in [0, 0.1) is 5.92 Å². The van der Waals surface area contributed by atoms with Crippen LogP contribution in [0.5, 0.6) is 0 Å². The van der Waals surface area contributed by atoms with Crippen LogP contribution in [0.15, 0.2) is 60.7 Å². The van der Waals surface area contributed by atoms with E-state index in [1.54, 1.807) is 36.4 Å². The molecule has 0 spiro atoms. The second-order valence-electron chi connectivity index (χ2n) is 4.23. The fraction of sp³-hybridized carbons (Fsp3) is 0.0625. The number of carbonyl (C=O) groups excluding carboxylic acids is 2. The Morgan fingerprint density at radius 2 is 1.05 bits per heavy atom. The third-order valence-electron chi connectivity index (χ3n) is 2.89. The van der Waals surface area contributed by atoms with Gasteiger partial charge in [-0.1, -0.05) is 60.7 Å². The molecule has 0 aliphatic rings. The zero-order chi connectivity index (χ0) is 14.5. The van der Waals surface area contributed by atoms with Crippen LogP contribution in [0.4, 0.5) is 0 Å². The Morgan fingerprint density at radius 3 is 1.35 bits per heavy atom. The standard InChI is InChI=1S/C16H12O4/c17-14(11-7-3-1-4-8-11)13(16(19)20)15(18)12-9-5-2-6-10-12/h1-10,13H,(H,19,20). The number of benzene rings is 2. The average molecular weight is 268 g/mol. The second kappa shape index (κ2) is 5.93. The van der Waals surface area contributed by atoms with Gasteiger partial charge in [0.25, 0.3) is 0 Å². The molecule has 0 saturated heterocycles. The molecule has 4 heteroatoms. The maximum absolute atomic E-state index is 12.2. The van der Waals surface area contributed by atoms with Crippen molar-refractivity contribution in [1.29, 1.82) is 0 Å². The number of carboxylic acids is 1. The predicted octanol–water partition coefficient (Wildman–Crippen LogP) is 2.45. The number of carbonyl (C=O) groups is 3. The zero-order valence-corrected chi connectivity index (χ0v) is 10.5. The minimum Gasteiger partial charge on any atom is -0.480 e. The first-order chi connectivity index (χ1) is 9.61. The Labute approximate surface area is 115 Å². The van der Waals surface area contributed by atoms with Crippen molar-refractivity contribution in [3.63, 3.8) is 0 Å². The van der Waals surface area contributed by atoms with Gasteiger partial charge in [0.2, 0.25) is 0 Å². The highest BCUT2D eigenvalue weighted by molar-refractivity contribution is 6.26. The average Bonchev–Trinajstić information content (AvgIpc) is 2.48. The van der Waals surface area contributed by atoms with Crippen LogP contribution in [-0.4, -0.2) is 22.6 Å². The van der Waals surface area contributed by atoms with Crippen molar-refractivity contribution in [3.8, 4) is 0 Å². The molecule has 0 atom stereocenters. The first-order valence-corrected chi connectivity index (χ1v) is 6.02. The van der Waals surface area contributed by atoms with Gasteiger partial charge in [0, 0.05) is 11.1 Å². The molecule has 2 aromatic rings. The summed E-state index contributed by atoms with van der Waals surface area (Å²) < 4.78 is 0. The van der Waals surface area contributed by atoms with Crippen LogP contribution >= 0.6 is 0 Å². The van der Waals surface area contributed by atoms with Gasteiger partial charge in [-0.05, 0) is 0 Å². The lowest BCUT2D eigenvalue weighted by molar-refractivity contribution is -0.138. The highest BCUT2D eigenvalue weighted by atomic mass is 16.4. The van der Waals surface area contributed by atoms with E-state index in [0.29, 0.717) is 0 Å². The van der Waals surface area contributed by atoms with Crippen molar-refractivity contribution in [2.24, 2.45) is 5.92 Å². The van der Waals surface area contributed by atoms with Crippen LogP contribution < -0.4 is 0 Å². The van der Waals surface area contributed by atoms with E-state index in [2.05, 4.69) is 0 Å². The minimum absolute atomic E-state index is 0.212. The van der Waals surface area contributed by atoms with E-state index < -0.39 is 23.5 Å². The number of aliphatic carboxylic acids is 1. The summed E-state index contributed by atoms with van der Waals surface area (Å²) in [4.78, 5) is 35.7. The molecule has 0 saturated carbocycles. The van der Waals surface area contributed by atoms with E-state index in [1.165, 1.54) is 24.3 Å². The largest absolute Gasteiger partial charge is 0.480 e. The fourth-order valence-corrected chi connectivity index (χ4v) is 1.88. The summed E-state index contributed by atoms with van der Waals surface area (Å²) in [6.07, 6.45) is 0. The monoisotopic (exact) mass is 268 g/mol. The van der Waals surface area contributed by atoms with Crippen molar-refractivity contribution >= 4 is 17.5 Å². The third kappa shape index (κ3) is 2.80. The molecule has 2 rings (SSSR count). The number of ketones is 2. The highest BCUT2D eigenvalue weighted by Gasteiger charge is 2.34.